The van der Waals surface area contributed by atoms with E-state index >= 15 is 0 Å². The Kier molecular flexibility index (Phi) is 36.4. The van der Waals surface area contributed by atoms with E-state index in [1.165, 1.54) is 44.9 Å². The van der Waals surface area contributed by atoms with Crippen LogP contribution in [0, 0.1) is 0 Å². The van der Waals surface area contributed by atoms with Crippen molar-refractivity contribution in [2.75, 3.05) is 19.8 Å². The number of allylic oxidation sites excluding steroid dienone is 12. The van der Waals surface area contributed by atoms with Crippen LogP contribution in [-0.2, 0) is 32.7 Å². The minimum atomic E-state index is -4.29. The summed E-state index contributed by atoms with van der Waals surface area (Å²) in [5.74, 6) is -0.862. The number of carbonyl (C=O) groups excluding carboxylic acids is 2. The molecule has 2 unspecified atom stereocenters. The van der Waals surface area contributed by atoms with Crippen molar-refractivity contribution in [2.24, 2.45) is 0 Å². The van der Waals surface area contributed by atoms with Gasteiger partial charge in [0, 0.05) is 12.8 Å². The molecule has 0 aromatic rings. The largest absolute Gasteiger partial charge is 0.472 e. The van der Waals surface area contributed by atoms with Crippen molar-refractivity contribution in [1.29, 1.82) is 0 Å². The zero-order valence-electron chi connectivity index (χ0n) is 32.9. The Balaban J connectivity index is 4.21. The molecule has 2 atom stereocenters. The summed E-state index contributed by atoms with van der Waals surface area (Å²) in [7, 11) is -4.29. The molecular formula is C43H73O8P. The van der Waals surface area contributed by atoms with Crippen LogP contribution in [-0.4, -0.2) is 42.8 Å². The van der Waals surface area contributed by atoms with Gasteiger partial charge in [0.25, 0.3) is 0 Å². The lowest BCUT2D eigenvalue weighted by Crippen LogP contribution is -2.29. The normalized spacial score (nSPS) is 14.2. The Labute approximate surface area is 317 Å². The standard InChI is InChI=1S/C43H73O8P/c1-4-7-9-11-13-15-17-19-21-22-24-25-27-29-31-33-35-37-42(44)48-39-41(40-50-52(46,47)49-6-3)51-43(45)38-36-34-32-30-28-26-23-20-18-16-14-12-10-8-5-2/h8,10,13-16,19-21,23,28,30,41H,4-7,9,11-12,17-18,22,24-27,29,31-40H2,1-3H3,(H,46,47)/b10-8-,15-13-,16-14-,21-19-,23-20-,30-28-. The Hall–Kier alpha value is -2.51. The van der Waals surface area contributed by atoms with Gasteiger partial charge >= 0.3 is 19.8 Å². The average Bonchev–Trinajstić information content (AvgIpc) is 3.12. The number of esters is 2. The molecule has 0 heterocycles. The van der Waals surface area contributed by atoms with Crippen LogP contribution in [0.15, 0.2) is 72.9 Å². The molecule has 0 saturated carbocycles. The fourth-order valence-electron chi connectivity index (χ4n) is 5.06. The van der Waals surface area contributed by atoms with Gasteiger partial charge in [0.15, 0.2) is 6.10 Å². The van der Waals surface area contributed by atoms with Gasteiger partial charge in [-0.2, -0.15) is 0 Å². The van der Waals surface area contributed by atoms with E-state index in [1.54, 1.807) is 6.92 Å². The molecule has 0 aliphatic rings. The first-order chi connectivity index (χ1) is 25.3. The molecule has 298 valence electrons. The zero-order chi connectivity index (χ0) is 38.2. The Morgan fingerprint density at radius 1 is 0.538 bits per heavy atom. The van der Waals surface area contributed by atoms with E-state index in [4.69, 9.17) is 18.5 Å². The van der Waals surface area contributed by atoms with E-state index in [1.807, 2.05) is 0 Å². The summed E-state index contributed by atoms with van der Waals surface area (Å²) in [5, 5.41) is 0. The van der Waals surface area contributed by atoms with Crippen molar-refractivity contribution in [3.05, 3.63) is 72.9 Å². The second kappa shape index (κ2) is 38.2. The summed E-state index contributed by atoms with van der Waals surface area (Å²) in [4.78, 5) is 34.7. The first kappa shape index (κ1) is 49.5. The number of carbonyl (C=O) groups is 2. The summed E-state index contributed by atoms with van der Waals surface area (Å²) in [6.45, 7) is 5.25. The van der Waals surface area contributed by atoms with Gasteiger partial charge in [0.05, 0.1) is 13.2 Å². The molecule has 0 aromatic heterocycles. The quantitative estimate of drug-likeness (QED) is 0.0292. The fraction of sp³-hybridized carbons (Fsp3) is 0.674. The molecule has 0 radical (unpaired) electrons. The monoisotopic (exact) mass is 749 g/mol. The first-order valence-corrected chi connectivity index (χ1v) is 21.7. The highest BCUT2D eigenvalue weighted by atomic mass is 31.2. The third kappa shape index (κ3) is 37.3. The summed E-state index contributed by atoms with van der Waals surface area (Å²) >= 11 is 0. The number of ether oxygens (including phenoxy) is 2. The molecule has 0 saturated heterocycles. The molecule has 0 amide bonds. The minimum absolute atomic E-state index is 0.0127. The molecule has 0 bridgehead atoms. The summed E-state index contributed by atoms with van der Waals surface area (Å²) in [6, 6.07) is 0. The summed E-state index contributed by atoms with van der Waals surface area (Å²) in [5.41, 5.74) is 0. The Bertz CT molecular complexity index is 1080. The van der Waals surface area contributed by atoms with Crippen LogP contribution < -0.4 is 0 Å². The SMILES string of the molecule is CC/C=C\C/C=C\C/C=C\C/C=C\CCCCC(=O)OC(COC(=O)CCCCCCCCC/C=C\C/C=C\CCCCC)COP(=O)(O)OCC. The van der Waals surface area contributed by atoms with Gasteiger partial charge < -0.3 is 14.4 Å². The molecule has 8 nitrogen and oxygen atoms in total. The predicted octanol–water partition coefficient (Wildman–Crippen LogP) is 12.6. The van der Waals surface area contributed by atoms with Crippen molar-refractivity contribution in [1.82, 2.24) is 0 Å². The minimum Gasteiger partial charge on any atom is -0.462 e. The number of phosphoric ester groups is 1. The van der Waals surface area contributed by atoms with Gasteiger partial charge in [-0.25, -0.2) is 4.57 Å². The van der Waals surface area contributed by atoms with E-state index < -0.39 is 32.5 Å². The van der Waals surface area contributed by atoms with Gasteiger partial charge in [-0.15, -0.1) is 0 Å². The maximum absolute atomic E-state index is 12.5. The predicted molar refractivity (Wildman–Crippen MR) is 216 cm³/mol. The van der Waals surface area contributed by atoms with Gasteiger partial charge in [-0.1, -0.05) is 132 Å². The maximum atomic E-state index is 12.5. The molecule has 9 heteroatoms. The number of unbranched alkanes of at least 4 members (excludes halogenated alkanes) is 12. The zero-order valence-corrected chi connectivity index (χ0v) is 33.8. The lowest BCUT2D eigenvalue weighted by molar-refractivity contribution is -0.161. The third-order valence-electron chi connectivity index (χ3n) is 8.00. The van der Waals surface area contributed by atoms with Crippen LogP contribution in [0.5, 0.6) is 0 Å². The van der Waals surface area contributed by atoms with E-state index in [-0.39, 0.29) is 26.1 Å². The van der Waals surface area contributed by atoms with Crippen LogP contribution in [0.1, 0.15) is 162 Å². The fourth-order valence-corrected chi connectivity index (χ4v) is 5.82. The van der Waals surface area contributed by atoms with E-state index in [9.17, 15) is 19.0 Å². The molecule has 0 rings (SSSR count). The van der Waals surface area contributed by atoms with Crippen LogP contribution in [0.2, 0.25) is 0 Å². The molecule has 1 N–H and O–H groups in total. The van der Waals surface area contributed by atoms with Crippen LogP contribution in [0.25, 0.3) is 0 Å². The van der Waals surface area contributed by atoms with Crippen molar-refractivity contribution in [2.45, 2.75) is 168 Å². The Morgan fingerprint density at radius 2 is 0.981 bits per heavy atom. The van der Waals surface area contributed by atoms with E-state index in [0.717, 1.165) is 77.0 Å². The number of phosphoric acid groups is 1. The van der Waals surface area contributed by atoms with Crippen molar-refractivity contribution in [3.63, 3.8) is 0 Å². The number of rotatable bonds is 36. The smallest absolute Gasteiger partial charge is 0.462 e. The number of hydrogen-bond acceptors (Lipinski definition) is 7. The van der Waals surface area contributed by atoms with Gasteiger partial charge in [0.1, 0.15) is 6.61 Å². The molecule has 0 fully saturated rings. The van der Waals surface area contributed by atoms with Crippen molar-refractivity contribution >= 4 is 19.8 Å². The van der Waals surface area contributed by atoms with Crippen LogP contribution in [0.4, 0.5) is 0 Å². The van der Waals surface area contributed by atoms with Crippen molar-refractivity contribution < 1.29 is 37.6 Å². The van der Waals surface area contributed by atoms with Crippen molar-refractivity contribution in [3.8, 4) is 0 Å². The Morgan fingerprint density at radius 3 is 1.52 bits per heavy atom. The van der Waals surface area contributed by atoms with E-state index in [2.05, 4.69) is 86.8 Å². The summed E-state index contributed by atoms with van der Waals surface area (Å²) in [6.07, 6.45) is 46.7. The maximum Gasteiger partial charge on any atom is 0.472 e. The van der Waals surface area contributed by atoms with Crippen LogP contribution in [0.3, 0.4) is 0 Å². The van der Waals surface area contributed by atoms with Gasteiger partial charge in [0.2, 0.25) is 0 Å². The average molecular weight is 749 g/mol. The van der Waals surface area contributed by atoms with Gasteiger partial charge in [-0.3, -0.25) is 18.6 Å². The molecule has 52 heavy (non-hydrogen) atoms. The van der Waals surface area contributed by atoms with Gasteiger partial charge in [-0.05, 0) is 90.4 Å². The lowest BCUT2D eigenvalue weighted by atomic mass is 10.1. The molecule has 0 aliphatic heterocycles. The topological polar surface area (TPSA) is 108 Å². The highest BCUT2D eigenvalue weighted by molar-refractivity contribution is 7.47. The van der Waals surface area contributed by atoms with Crippen LogP contribution >= 0.6 is 7.82 Å². The molecule has 0 aromatic carbocycles. The third-order valence-corrected chi connectivity index (χ3v) is 9.06. The highest BCUT2D eigenvalue weighted by Crippen LogP contribution is 2.43. The summed E-state index contributed by atoms with van der Waals surface area (Å²) < 4.78 is 32.5. The molecular weight excluding hydrogens is 675 g/mol. The van der Waals surface area contributed by atoms with E-state index in [0.29, 0.717) is 6.42 Å². The highest BCUT2D eigenvalue weighted by Gasteiger charge is 2.25. The number of hydrogen-bond donors (Lipinski definition) is 1. The second-order valence-corrected chi connectivity index (χ2v) is 14.4. The first-order valence-electron chi connectivity index (χ1n) is 20.2. The molecule has 0 spiro atoms. The molecule has 0 aliphatic carbocycles. The second-order valence-electron chi connectivity index (χ2n) is 12.9. The lowest BCUT2D eigenvalue weighted by Gasteiger charge is -2.19.